The van der Waals surface area contributed by atoms with Gasteiger partial charge in [-0.05, 0) is 12.1 Å². The maximum atomic E-state index is 12.2. The van der Waals surface area contributed by atoms with Gasteiger partial charge < -0.3 is 54.4 Å². The first-order valence-corrected chi connectivity index (χ1v) is 11.0. The number of methoxy groups -OCH3 is 1. The number of quaternary nitrogens is 1. The number of carbonyl (C=O) groups is 1. The summed E-state index contributed by atoms with van der Waals surface area (Å²) in [6.45, 7) is -0.875. The van der Waals surface area contributed by atoms with Crippen LogP contribution in [0.25, 0.3) is 21.5 Å². The third kappa shape index (κ3) is 4.05. The minimum Gasteiger partial charge on any atom is -0.595 e. The second-order valence-corrected chi connectivity index (χ2v) is 8.48. The van der Waals surface area contributed by atoms with Crippen molar-refractivity contribution in [1.82, 2.24) is 0 Å². The van der Waals surface area contributed by atoms with Crippen molar-refractivity contribution in [3.05, 3.63) is 35.0 Å². The van der Waals surface area contributed by atoms with E-state index in [1.165, 1.54) is 31.4 Å². The molecular weight excluding hydrogens is 498 g/mol. The van der Waals surface area contributed by atoms with Gasteiger partial charge in [0.2, 0.25) is 13.1 Å². The van der Waals surface area contributed by atoms with Crippen molar-refractivity contribution in [3.8, 4) is 23.0 Å². The number of benzene rings is 3. The lowest BCUT2D eigenvalue weighted by Crippen LogP contribution is -2.99. The van der Waals surface area contributed by atoms with Crippen LogP contribution in [-0.2, 0) is 4.74 Å². The number of fused-ring (bicyclic) bond motifs is 5. The number of carboxylic acids is 1. The van der Waals surface area contributed by atoms with E-state index in [9.17, 15) is 40.7 Å². The third-order valence-corrected chi connectivity index (χ3v) is 6.39. The van der Waals surface area contributed by atoms with Gasteiger partial charge >= 0.3 is 5.97 Å². The van der Waals surface area contributed by atoms with E-state index in [-0.39, 0.29) is 62.6 Å². The number of hydrogen-bond acceptors (Lipinski definition) is 12. The van der Waals surface area contributed by atoms with Gasteiger partial charge in [-0.2, -0.15) is 5.23 Å². The number of nitrogens with one attached hydrogen (secondary N) is 1. The van der Waals surface area contributed by atoms with Gasteiger partial charge in [-0.15, -0.1) is 0 Å². The molecule has 198 valence electrons. The van der Waals surface area contributed by atoms with E-state index in [0.717, 1.165) is 0 Å². The highest BCUT2D eigenvalue weighted by atomic mass is 16.8. The highest BCUT2D eigenvalue weighted by Crippen LogP contribution is 2.48. The van der Waals surface area contributed by atoms with E-state index in [2.05, 4.69) is 0 Å². The first kappa shape index (κ1) is 25.2. The molecular formula is C23H23NO13. The normalized spacial score (nSPS) is 25.9. The number of rotatable bonds is 6. The maximum Gasteiger partial charge on any atom is 0.336 e. The first-order valence-electron chi connectivity index (χ1n) is 11.0. The fourth-order valence-electron chi connectivity index (χ4n) is 4.63. The second kappa shape index (κ2) is 9.44. The first-order chi connectivity index (χ1) is 17.7. The Morgan fingerprint density at radius 2 is 1.84 bits per heavy atom. The predicted molar refractivity (Wildman–Crippen MR) is 121 cm³/mol. The number of hydrogen-bond donors (Lipinski definition) is 7. The molecule has 2 aliphatic rings. The van der Waals surface area contributed by atoms with Gasteiger partial charge in [-0.3, -0.25) is 0 Å². The highest BCUT2D eigenvalue weighted by Gasteiger charge is 2.44. The average Bonchev–Trinajstić information content (AvgIpc) is 3.35. The Bertz CT molecular complexity index is 1370. The van der Waals surface area contributed by atoms with Crippen LogP contribution in [0.5, 0.6) is 23.0 Å². The Hall–Kier alpha value is -3.47. The minimum absolute atomic E-state index is 0.0199. The predicted octanol–water partition coefficient (Wildman–Crippen LogP) is -0.989. The molecule has 3 aromatic rings. The van der Waals surface area contributed by atoms with Gasteiger partial charge in [0.25, 0.3) is 0 Å². The lowest BCUT2D eigenvalue weighted by Gasteiger charge is -2.39. The molecule has 2 aliphatic heterocycles. The van der Waals surface area contributed by atoms with Crippen LogP contribution >= 0.6 is 0 Å². The summed E-state index contributed by atoms with van der Waals surface area (Å²) in [5.74, 6) is -1.000. The van der Waals surface area contributed by atoms with Gasteiger partial charge in [-0.25, -0.2) is 10.0 Å². The van der Waals surface area contributed by atoms with Crippen LogP contribution in [-0.4, -0.2) is 87.9 Å². The summed E-state index contributed by atoms with van der Waals surface area (Å²) in [7, 11) is 1.33. The molecule has 6 atom stereocenters. The highest BCUT2D eigenvalue weighted by molar-refractivity contribution is 6.22. The van der Waals surface area contributed by atoms with E-state index in [0.29, 0.717) is 0 Å². The molecule has 0 bridgehead atoms. The lowest BCUT2D eigenvalue weighted by atomic mass is 9.94. The molecule has 2 heterocycles. The zero-order chi connectivity index (χ0) is 26.6. The molecule has 7 N–H and O–H groups in total. The van der Waals surface area contributed by atoms with E-state index in [4.69, 9.17) is 23.7 Å². The minimum atomic E-state index is -1.69. The average molecular weight is 521 g/mol. The van der Waals surface area contributed by atoms with Crippen molar-refractivity contribution in [1.29, 1.82) is 0 Å². The Kier molecular flexibility index (Phi) is 6.43. The summed E-state index contributed by atoms with van der Waals surface area (Å²) in [5.41, 5.74) is -0.628. The van der Waals surface area contributed by atoms with Crippen molar-refractivity contribution in [2.75, 3.05) is 20.5 Å². The Labute approximate surface area is 207 Å². The van der Waals surface area contributed by atoms with Gasteiger partial charge in [0, 0.05) is 28.3 Å². The molecule has 1 saturated heterocycles. The molecule has 14 nitrogen and oxygen atoms in total. The Morgan fingerprint density at radius 3 is 2.49 bits per heavy atom. The fourth-order valence-corrected chi connectivity index (χ4v) is 4.63. The molecule has 5 rings (SSSR count). The molecule has 37 heavy (non-hydrogen) atoms. The van der Waals surface area contributed by atoms with Crippen LogP contribution < -0.4 is 24.2 Å². The SMILES string of the molecule is COc1cc(O[C@H]2O[C@H](CO)[C@H](O)[C@H](O)[C@H]2O)cc2c1cc([NH+]([O-])O)c1c(C(=O)O)cc3c(c12)OCO3. The van der Waals surface area contributed by atoms with Crippen molar-refractivity contribution in [3.63, 3.8) is 0 Å². The van der Waals surface area contributed by atoms with Crippen LogP contribution in [0.1, 0.15) is 10.4 Å². The van der Waals surface area contributed by atoms with Crippen LogP contribution in [0.4, 0.5) is 5.69 Å². The summed E-state index contributed by atoms with van der Waals surface area (Å²) < 4.78 is 27.6. The zero-order valence-electron chi connectivity index (χ0n) is 19.2. The van der Waals surface area contributed by atoms with E-state index < -0.39 is 48.5 Å². The molecule has 3 aromatic carbocycles. The van der Waals surface area contributed by atoms with Crippen molar-refractivity contribution < 1.29 is 64.4 Å². The van der Waals surface area contributed by atoms with Gasteiger partial charge in [0.05, 0.1) is 24.7 Å². The van der Waals surface area contributed by atoms with E-state index in [1.54, 1.807) is 0 Å². The molecule has 14 heteroatoms. The molecule has 0 aromatic heterocycles. The Balaban J connectivity index is 1.75. The van der Waals surface area contributed by atoms with Crippen LogP contribution in [0.15, 0.2) is 24.3 Å². The van der Waals surface area contributed by atoms with E-state index in [1.807, 2.05) is 0 Å². The molecule has 0 spiro atoms. The molecule has 0 saturated carbocycles. The third-order valence-electron chi connectivity index (χ3n) is 6.39. The van der Waals surface area contributed by atoms with Gasteiger partial charge in [0.1, 0.15) is 35.9 Å². The van der Waals surface area contributed by atoms with Crippen molar-refractivity contribution in [2.45, 2.75) is 30.7 Å². The summed E-state index contributed by atoms with van der Waals surface area (Å²) in [6, 6.07) is 5.27. The zero-order valence-corrected chi connectivity index (χ0v) is 19.2. The van der Waals surface area contributed by atoms with Crippen LogP contribution in [0.2, 0.25) is 0 Å². The summed E-state index contributed by atoms with van der Waals surface area (Å²) in [6.07, 6.45) is -7.67. The topological polar surface area (TPSA) is 212 Å². The van der Waals surface area contributed by atoms with Gasteiger partial charge in [-0.1, -0.05) is 0 Å². The summed E-state index contributed by atoms with van der Waals surface area (Å²) in [4.78, 5) is 12.1. The quantitative estimate of drug-likeness (QED) is 0.154. The Morgan fingerprint density at radius 1 is 1.08 bits per heavy atom. The van der Waals surface area contributed by atoms with Crippen LogP contribution in [0.3, 0.4) is 0 Å². The number of carboxylic acid groups (broad SMARTS) is 1. The largest absolute Gasteiger partial charge is 0.595 e. The van der Waals surface area contributed by atoms with E-state index >= 15 is 0 Å². The monoisotopic (exact) mass is 521 g/mol. The number of ether oxygens (including phenoxy) is 5. The number of aliphatic hydroxyl groups excluding tert-OH is 4. The molecule has 0 aliphatic carbocycles. The molecule has 1 unspecified atom stereocenters. The summed E-state index contributed by atoms with van der Waals surface area (Å²) >= 11 is 0. The standard InChI is InChI=1S/C23H23NO13/c1-33-13-3-8(36-23-20(28)19(27)18(26)15(6-25)37-23)2-10-9(13)4-12(24(31)32)16-11(22(29)30)5-14-21(17(10)16)35-7-34-14/h2-5,15,18-20,23-28,31H,6-7H2,1H3,(H,29,30)/t15-,18+,19+,20-,23+/m1/s1. The fraction of sp³-hybridized carbons (Fsp3) is 0.348. The van der Waals surface area contributed by atoms with Crippen molar-refractivity contribution in [2.24, 2.45) is 0 Å². The van der Waals surface area contributed by atoms with Gasteiger partial charge in [0.15, 0.2) is 17.2 Å². The number of aliphatic hydroxyl groups is 4. The molecule has 0 radical (unpaired) electrons. The molecule has 0 amide bonds. The lowest BCUT2D eigenvalue weighted by molar-refractivity contribution is -0.990. The smallest absolute Gasteiger partial charge is 0.336 e. The molecule has 1 fully saturated rings. The van der Waals surface area contributed by atoms with Crippen LogP contribution in [0, 0.1) is 5.21 Å². The summed E-state index contributed by atoms with van der Waals surface area (Å²) in [5, 5.41) is 71.1. The number of aromatic carboxylic acids is 1. The second-order valence-electron chi connectivity index (χ2n) is 8.48. The maximum absolute atomic E-state index is 12.2. The van der Waals surface area contributed by atoms with Crippen molar-refractivity contribution >= 4 is 33.2 Å².